The van der Waals surface area contributed by atoms with Gasteiger partial charge in [-0.2, -0.15) is 4.57 Å². The van der Waals surface area contributed by atoms with Crippen molar-refractivity contribution in [3.63, 3.8) is 0 Å². The molecule has 0 N–H and O–H groups in total. The van der Waals surface area contributed by atoms with Crippen molar-refractivity contribution in [3.8, 4) is 0 Å². The molecule has 0 bridgehead atoms. The molecule has 0 saturated carbocycles. The molecule has 0 amide bonds. The summed E-state index contributed by atoms with van der Waals surface area (Å²) in [6.07, 6.45) is 2.80. The number of aryl methyl sites for hydroxylation is 1. The maximum Gasteiger partial charge on any atom is 0.372 e. The first-order valence-corrected chi connectivity index (χ1v) is 4.32. The Morgan fingerprint density at radius 2 is 2.31 bits per heavy atom. The van der Waals surface area contributed by atoms with Gasteiger partial charge in [0, 0.05) is 18.6 Å². The van der Waals surface area contributed by atoms with Gasteiger partial charge < -0.3 is 4.74 Å². The van der Waals surface area contributed by atoms with E-state index in [1.54, 1.807) is 0 Å². The first kappa shape index (κ1) is 9.71. The van der Waals surface area contributed by atoms with E-state index in [2.05, 4.69) is 11.7 Å². The second kappa shape index (κ2) is 4.60. The third kappa shape index (κ3) is 2.54. The maximum atomic E-state index is 11.0. The lowest BCUT2D eigenvalue weighted by molar-refractivity contribution is -0.693. The molecule has 0 spiro atoms. The quantitative estimate of drug-likeness (QED) is 0.506. The molecule has 1 rings (SSSR count). The lowest BCUT2D eigenvalue weighted by atomic mass is 10.3. The minimum atomic E-state index is -0.217. The fourth-order valence-electron chi connectivity index (χ4n) is 1.19. The Kier molecular flexibility index (Phi) is 3.43. The monoisotopic (exact) mass is 180 g/mol. The van der Waals surface area contributed by atoms with E-state index in [9.17, 15) is 4.79 Å². The number of hydrogen-bond donors (Lipinski definition) is 0. The molecule has 0 unspecified atom stereocenters. The molecule has 1 aromatic heterocycles. The Balaban J connectivity index is 2.81. The largest absolute Gasteiger partial charge is 0.464 e. The highest BCUT2D eigenvalue weighted by Crippen LogP contribution is 1.92. The summed E-state index contributed by atoms with van der Waals surface area (Å²) in [5.74, 6) is -0.217. The molecule has 0 fully saturated rings. The van der Waals surface area contributed by atoms with Gasteiger partial charge in [-0.05, 0) is 0 Å². The molecule has 0 saturated heterocycles. The minimum absolute atomic E-state index is 0.217. The average molecular weight is 180 g/mol. The van der Waals surface area contributed by atoms with Crippen molar-refractivity contribution in [2.45, 2.75) is 19.9 Å². The molecule has 0 aromatic carbocycles. The predicted octanol–water partition coefficient (Wildman–Crippen LogP) is 0.710. The van der Waals surface area contributed by atoms with Crippen LogP contribution in [0, 0.1) is 0 Å². The molecule has 0 radical (unpaired) electrons. The molecule has 0 aliphatic rings. The number of carbonyl (C=O) groups is 1. The van der Waals surface area contributed by atoms with Crippen LogP contribution in [0.4, 0.5) is 0 Å². The number of esters is 1. The normalized spacial score (nSPS) is 9.69. The molecule has 70 valence electrons. The molecule has 3 nitrogen and oxygen atoms in total. The lowest BCUT2D eigenvalue weighted by Crippen LogP contribution is -2.41. The molecule has 0 aliphatic carbocycles. The SMILES string of the molecule is CCc1cccc[n+]1CC(=O)OC. The summed E-state index contributed by atoms with van der Waals surface area (Å²) < 4.78 is 6.49. The van der Waals surface area contributed by atoms with Crippen LogP contribution in [0.5, 0.6) is 0 Å². The van der Waals surface area contributed by atoms with Gasteiger partial charge in [0.05, 0.1) is 7.11 Å². The number of aromatic nitrogens is 1. The van der Waals surface area contributed by atoms with Crippen molar-refractivity contribution < 1.29 is 14.1 Å². The van der Waals surface area contributed by atoms with E-state index < -0.39 is 0 Å². The maximum absolute atomic E-state index is 11.0. The first-order chi connectivity index (χ1) is 6.27. The fraction of sp³-hybridized carbons (Fsp3) is 0.400. The van der Waals surface area contributed by atoms with Crippen molar-refractivity contribution >= 4 is 5.97 Å². The zero-order valence-electron chi connectivity index (χ0n) is 7.99. The Bertz CT molecular complexity index is 297. The molecule has 13 heavy (non-hydrogen) atoms. The molecule has 1 heterocycles. The topological polar surface area (TPSA) is 30.2 Å². The van der Waals surface area contributed by atoms with Gasteiger partial charge in [-0.1, -0.05) is 13.0 Å². The molecular weight excluding hydrogens is 166 g/mol. The standard InChI is InChI=1S/C10H14NO2/c1-3-9-6-4-5-7-11(9)8-10(12)13-2/h4-7H,3,8H2,1-2H3/q+1. The summed E-state index contributed by atoms with van der Waals surface area (Å²) in [6, 6.07) is 5.87. The van der Waals surface area contributed by atoms with Gasteiger partial charge in [0.1, 0.15) is 0 Å². The van der Waals surface area contributed by atoms with Crippen LogP contribution in [0.15, 0.2) is 24.4 Å². The summed E-state index contributed by atoms with van der Waals surface area (Å²) >= 11 is 0. The summed E-state index contributed by atoms with van der Waals surface area (Å²) in [7, 11) is 1.40. The fourth-order valence-corrected chi connectivity index (χ4v) is 1.19. The van der Waals surface area contributed by atoms with Crippen LogP contribution in [0.1, 0.15) is 12.6 Å². The van der Waals surface area contributed by atoms with E-state index in [4.69, 9.17) is 0 Å². The Labute approximate surface area is 78.0 Å². The van der Waals surface area contributed by atoms with E-state index in [1.165, 1.54) is 7.11 Å². The Morgan fingerprint density at radius 1 is 1.54 bits per heavy atom. The number of methoxy groups -OCH3 is 1. The van der Waals surface area contributed by atoms with Crippen LogP contribution < -0.4 is 4.57 Å². The lowest BCUT2D eigenvalue weighted by Gasteiger charge is -1.99. The van der Waals surface area contributed by atoms with E-state index in [-0.39, 0.29) is 5.97 Å². The van der Waals surface area contributed by atoms with Gasteiger partial charge in [-0.25, -0.2) is 4.79 Å². The van der Waals surface area contributed by atoms with E-state index >= 15 is 0 Å². The predicted molar refractivity (Wildman–Crippen MR) is 48.0 cm³/mol. The number of hydrogen-bond acceptors (Lipinski definition) is 2. The van der Waals surface area contributed by atoms with Crippen LogP contribution in [-0.4, -0.2) is 13.1 Å². The first-order valence-electron chi connectivity index (χ1n) is 4.32. The zero-order chi connectivity index (χ0) is 9.68. The third-order valence-corrected chi connectivity index (χ3v) is 1.92. The number of nitrogens with zero attached hydrogens (tertiary/aromatic N) is 1. The summed E-state index contributed by atoms with van der Waals surface area (Å²) in [4.78, 5) is 11.0. The number of carbonyl (C=O) groups excluding carboxylic acids is 1. The van der Waals surface area contributed by atoms with Gasteiger partial charge in [-0.3, -0.25) is 0 Å². The summed E-state index contributed by atoms with van der Waals surface area (Å²) in [5, 5.41) is 0. The average Bonchev–Trinajstić information content (AvgIpc) is 2.18. The van der Waals surface area contributed by atoms with Crippen LogP contribution >= 0.6 is 0 Å². The van der Waals surface area contributed by atoms with Crippen LogP contribution in [0.25, 0.3) is 0 Å². The van der Waals surface area contributed by atoms with Crippen molar-refractivity contribution in [3.05, 3.63) is 30.1 Å². The number of pyridine rings is 1. The highest BCUT2D eigenvalue weighted by Gasteiger charge is 2.12. The zero-order valence-corrected chi connectivity index (χ0v) is 7.99. The molecule has 1 aromatic rings. The molecule has 0 atom stereocenters. The van der Waals surface area contributed by atoms with Crippen LogP contribution in [0.2, 0.25) is 0 Å². The van der Waals surface area contributed by atoms with Crippen molar-refractivity contribution in [2.75, 3.05) is 7.11 Å². The van der Waals surface area contributed by atoms with Crippen LogP contribution in [-0.2, 0) is 22.5 Å². The third-order valence-electron chi connectivity index (χ3n) is 1.92. The minimum Gasteiger partial charge on any atom is -0.464 e. The smallest absolute Gasteiger partial charge is 0.372 e. The second-order valence-corrected chi connectivity index (χ2v) is 2.75. The number of ether oxygens (including phenoxy) is 1. The number of rotatable bonds is 3. The molecule has 0 aliphatic heterocycles. The second-order valence-electron chi connectivity index (χ2n) is 2.75. The van der Waals surface area contributed by atoms with E-state index in [0.29, 0.717) is 6.54 Å². The van der Waals surface area contributed by atoms with Gasteiger partial charge in [0.2, 0.25) is 6.54 Å². The highest BCUT2D eigenvalue weighted by atomic mass is 16.5. The summed E-state index contributed by atoms with van der Waals surface area (Å²) in [5.41, 5.74) is 1.13. The van der Waals surface area contributed by atoms with Crippen molar-refractivity contribution in [2.24, 2.45) is 0 Å². The summed E-state index contributed by atoms with van der Waals surface area (Å²) in [6.45, 7) is 2.35. The van der Waals surface area contributed by atoms with Gasteiger partial charge in [0.15, 0.2) is 11.9 Å². The van der Waals surface area contributed by atoms with E-state index in [0.717, 1.165) is 12.1 Å². The van der Waals surface area contributed by atoms with E-state index in [1.807, 2.05) is 29.0 Å². The molecule has 3 heteroatoms. The van der Waals surface area contributed by atoms with Gasteiger partial charge in [-0.15, -0.1) is 0 Å². The molecular formula is C10H14NO2+. The Morgan fingerprint density at radius 3 is 2.92 bits per heavy atom. The van der Waals surface area contributed by atoms with Crippen molar-refractivity contribution in [1.29, 1.82) is 0 Å². The van der Waals surface area contributed by atoms with Gasteiger partial charge >= 0.3 is 5.97 Å². The van der Waals surface area contributed by atoms with Crippen molar-refractivity contribution in [1.82, 2.24) is 0 Å². The Hall–Kier alpha value is -1.38. The van der Waals surface area contributed by atoms with Gasteiger partial charge in [0.25, 0.3) is 0 Å². The highest BCUT2D eigenvalue weighted by molar-refractivity contribution is 5.67. The van der Waals surface area contributed by atoms with Crippen LogP contribution in [0.3, 0.4) is 0 Å².